The maximum Gasteiger partial charge on any atom is 0.00776 e. The summed E-state index contributed by atoms with van der Waals surface area (Å²) in [6, 6.07) is 0.815. The van der Waals surface area contributed by atoms with Crippen molar-refractivity contribution in [3.05, 3.63) is 0 Å². The molecule has 0 bridgehead atoms. The normalized spacial score (nSPS) is 22.6. The largest absolute Gasteiger partial charge is 0.314 e. The number of hydrogen-bond donors (Lipinski definition) is 1. The van der Waals surface area contributed by atoms with Crippen LogP contribution in [0.3, 0.4) is 0 Å². The monoisotopic (exact) mass is 313 g/mol. The van der Waals surface area contributed by atoms with Gasteiger partial charge in [0.25, 0.3) is 0 Å². The number of nitrogens with one attached hydrogen (secondary N) is 1. The van der Waals surface area contributed by atoms with E-state index in [9.17, 15) is 0 Å². The van der Waals surface area contributed by atoms with Gasteiger partial charge in [-0.2, -0.15) is 11.8 Å². The molecule has 0 aliphatic heterocycles. The zero-order chi connectivity index (χ0) is 15.2. The minimum Gasteiger partial charge on any atom is -0.314 e. The molecule has 0 heterocycles. The number of rotatable bonds is 13. The molecule has 0 amide bonds. The average molecular weight is 314 g/mol. The predicted molar refractivity (Wildman–Crippen MR) is 99.4 cm³/mol. The van der Waals surface area contributed by atoms with E-state index in [1.54, 1.807) is 0 Å². The van der Waals surface area contributed by atoms with E-state index >= 15 is 0 Å². The molecule has 0 aromatic carbocycles. The SMILES string of the molecule is CCCCCCCCCCCCNC1CCCC(SC)C1. The van der Waals surface area contributed by atoms with Gasteiger partial charge in [0, 0.05) is 11.3 Å². The van der Waals surface area contributed by atoms with Gasteiger partial charge in [-0.05, 0) is 38.5 Å². The van der Waals surface area contributed by atoms with Gasteiger partial charge in [0.2, 0.25) is 0 Å². The second-order valence-corrected chi connectivity index (χ2v) is 8.00. The summed E-state index contributed by atoms with van der Waals surface area (Å²) in [6.07, 6.45) is 22.4. The van der Waals surface area contributed by atoms with Crippen LogP contribution in [0.25, 0.3) is 0 Å². The minimum absolute atomic E-state index is 0.815. The average Bonchev–Trinajstić information content (AvgIpc) is 2.53. The maximum atomic E-state index is 3.80. The molecule has 2 heteroatoms. The zero-order valence-corrected chi connectivity index (χ0v) is 15.5. The smallest absolute Gasteiger partial charge is 0.00776 e. The van der Waals surface area contributed by atoms with Crippen LogP contribution < -0.4 is 5.32 Å². The number of unbranched alkanes of at least 4 members (excludes halogenated alkanes) is 9. The van der Waals surface area contributed by atoms with Crippen molar-refractivity contribution in [1.82, 2.24) is 5.32 Å². The van der Waals surface area contributed by atoms with Gasteiger partial charge in [0.1, 0.15) is 0 Å². The molecule has 0 aromatic rings. The van der Waals surface area contributed by atoms with E-state index in [1.165, 1.54) is 96.4 Å². The van der Waals surface area contributed by atoms with Crippen LogP contribution in [0, 0.1) is 0 Å². The lowest BCUT2D eigenvalue weighted by molar-refractivity contribution is 0.376. The lowest BCUT2D eigenvalue weighted by Gasteiger charge is -2.28. The molecule has 2 atom stereocenters. The van der Waals surface area contributed by atoms with E-state index in [1.807, 2.05) is 0 Å². The summed E-state index contributed by atoms with van der Waals surface area (Å²) in [5, 5.41) is 4.72. The Kier molecular flexibility index (Phi) is 12.8. The highest BCUT2D eigenvalue weighted by molar-refractivity contribution is 7.99. The molecule has 1 rings (SSSR count). The standard InChI is InChI=1S/C19H39NS/c1-3-4-5-6-7-8-9-10-11-12-16-20-18-14-13-15-19(17-18)21-2/h18-20H,3-17H2,1-2H3. The Balaban J connectivity index is 1.80. The van der Waals surface area contributed by atoms with Crippen LogP contribution in [-0.4, -0.2) is 24.1 Å². The van der Waals surface area contributed by atoms with Gasteiger partial charge in [-0.3, -0.25) is 0 Å². The van der Waals surface area contributed by atoms with Crippen LogP contribution in [0.4, 0.5) is 0 Å². The summed E-state index contributed by atoms with van der Waals surface area (Å²) in [6.45, 7) is 3.55. The van der Waals surface area contributed by atoms with Crippen molar-refractivity contribution >= 4 is 11.8 Å². The van der Waals surface area contributed by atoms with E-state index in [-0.39, 0.29) is 0 Å². The fourth-order valence-corrected chi connectivity index (χ4v) is 4.29. The zero-order valence-electron chi connectivity index (χ0n) is 14.7. The van der Waals surface area contributed by atoms with E-state index in [0.717, 1.165) is 11.3 Å². The molecular weight excluding hydrogens is 274 g/mol. The molecule has 0 spiro atoms. The molecule has 1 N–H and O–H groups in total. The fourth-order valence-electron chi connectivity index (χ4n) is 3.46. The van der Waals surface area contributed by atoms with Crippen LogP contribution in [-0.2, 0) is 0 Å². The van der Waals surface area contributed by atoms with Crippen molar-refractivity contribution in [3.8, 4) is 0 Å². The van der Waals surface area contributed by atoms with Crippen LogP contribution in [0.15, 0.2) is 0 Å². The molecule has 0 saturated heterocycles. The van der Waals surface area contributed by atoms with Crippen LogP contribution >= 0.6 is 11.8 Å². The highest BCUT2D eigenvalue weighted by Gasteiger charge is 2.20. The van der Waals surface area contributed by atoms with Crippen molar-refractivity contribution in [1.29, 1.82) is 0 Å². The van der Waals surface area contributed by atoms with E-state index in [0.29, 0.717) is 0 Å². The van der Waals surface area contributed by atoms with E-state index in [2.05, 4.69) is 30.3 Å². The lowest BCUT2D eigenvalue weighted by atomic mass is 9.95. The first-order valence-electron chi connectivity index (χ1n) is 9.63. The van der Waals surface area contributed by atoms with E-state index < -0.39 is 0 Å². The Morgan fingerprint density at radius 3 is 2.10 bits per heavy atom. The van der Waals surface area contributed by atoms with Gasteiger partial charge < -0.3 is 5.32 Å². The molecule has 1 fully saturated rings. The van der Waals surface area contributed by atoms with Gasteiger partial charge >= 0.3 is 0 Å². The Hall–Kier alpha value is 0.310. The molecule has 1 saturated carbocycles. The first-order chi connectivity index (χ1) is 10.4. The Morgan fingerprint density at radius 1 is 0.857 bits per heavy atom. The first kappa shape index (κ1) is 19.4. The lowest BCUT2D eigenvalue weighted by Crippen LogP contribution is -2.35. The molecule has 126 valence electrons. The summed E-state index contributed by atoms with van der Waals surface area (Å²) in [5.74, 6) is 0. The summed E-state index contributed by atoms with van der Waals surface area (Å²) in [5.41, 5.74) is 0. The van der Waals surface area contributed by atoms with Gasteiger partial charge in [-0.15, -0.1) is 0 Å². The van der Waals surface area contributed by atoms with Crippen LogP contribution in [0.2, 0.25) is 0 Å². The topological polar surface area (TPSA) is 12.0 Å². The predicted octanol–water partition coefficient (Wildman–Crippen LogP) is 6.17. The highest BCUT2D eigenvalue weighted by atomic mass is 32.2. The highest BCUT2D eigenvalue weighted by Crippen LogP contribution is 2.26. The van der Waals surface area contributed by atoms with Gasteiger partial charge in [0.15, 0.2) is 0 Å². The summed E-state index contributed by atoms with van der Waals surface area (Å²) in [4.78, 5) is 0. The minimum atomic E-state index is 0.815. The van der Waals surface area contributed by atoms with Crippen molar-refractivity contribution in [2.24, 2.45) is 0 Å². The second-order valence-electron chi connectivity index (χ2n) is 6.86. The summed E-state index contributed by atoms with van der Waals surface area (Å²) >= 11 is 2.07. The first-order valence-corrected chi connectivity index (χ1v) is 10.9. The fraction of sp³-hybridized carbons (Fsp3) is 1.00. The molecule has 1 aliphatic carbocycles. The maximum absolute atomic E-state index is 3.80. The summed E-state index contributed by atoms with van der Waals surface area (Å²) < 4.78 is 0. The quantitative estimate of drug-likeness (QED) is 0.408. The van der Waals surface area contributed by atoms with Gasteiger partial charge in [0.05, 0.1) is 0 Å². The van der Waals surface area contributed by atoms with Gasteiger partial charge in [-0.1, -0.05) is 71.1 Å². The third-order valence-corrected chi connectivity index (χ3v) is 6.02. The van der Waals surface area contributed by atoms with Crippen LogP contribution in [0.1, 0.15) is 96.8 Å². The third kappa shape index (κ3) is 10.6. The molecule has 0 aromatic heterocycles. The second kappa shape index (κ2) is 13.9. The van der Waals surface area contributed by atoms with Gasteiger partial charge in [-0.25, -0.2) is 0 Å². The van der Waals surface area contributed by atoms with Crippen molar-refractivity contribution in [3.63, 3.8) is 0 Å². The Labute approximate surface area is 138 Å². The molecule has 1 nitrogen and oxygen atoms in total. The molecule has 0 radical (unpaired) electrons. The Morgan fingerprint density at radius 2 is 1.48 bits per heavy atom. The van der Waals surface area contributed by atoms with Crippen molar-refractivity contribution < 1.29 is 0 Å². The summed E-state index contributed by atoms with van der Waals surface area (Å²) in [7, 11) is 0. The molecule has 1 aliphatic rings. The molecular formula is C19H39NS. The van der Waals surface area contributed by atoms with Crippen LogP contribution in [0.5, 0.6) is 0 Å². The third-order valence-electron chi connectivity index (χ3n) is 4.92. The van der Waals surface area contributed by atoms with Crippen molar-refractivity contribution in [2.45, 2.75) is 108 Å². The number of hydrogen-bond acceptors (Lipinski definition) is 2. The van der Waals surface area contributed by atoms with E-state index in [4.69, 9.17) is 0 Å². The molecule has 21 heavy (non-hydrogen) atoms. The molecule has 2 unspecified atom stereocenters. The Bertz CT molecular complexity index is 220. The van der Waals surface area contributed by atoms with Crippen molar-refractivity contribution in [2.75, 3.05) is 12.8 Å². The number of thioether (sulfide) groups is 1.